The number of benzene rings is 2. The van der Waals surface area contributed by atoms with E-state index in [4.69, 9.17) is 10.6 Å². The van der Waals surface area contributed by atoms with Gasteiger partial charge in [-0.05, 0) is 56.2 Å². The number of Topliss-reactive ketones (excluding diaryl/α,β-unsaturated/α-hetero) is 1. The Hall–Kier alpha value is -2.86. The number of hydrogen-bond donors (Lipinski definition) is 2. The van der Waals surface area contributed by atoms with Gasteiger partial charge < -0.3 is 10.1 Å². The van der Waals surface area contributed by atoms with E-state index in [9.17, 15) is 9.59 Å². The second-order valence-electron chi connectivity index (χ2n) is 5.97. The summed E-state index contributed by atoms with van der Waals surface area (Å²) in [5, 5.41) is 3.75. The molecule has 0 radical (unpaired) electrons. The lowest BCUT2D eigenvalue weighted by Crippen LogP contribution is -2.37. The number of hydrazine groups is 1. The standard InChI is InChI=1S/C19H23N3O3/c1-12-6-5-7-17(21-19(24)22(4)20)16(12)11-25-18-9-8-15(14(3)23)10-13(18)2/h5-10H,11,20H2,1-4H3,(H,21,24). The number of nitrogens with one attached hydrogen (secondary N) is 1. The number of nitrogens with zero attached hydrogens (tertiary/aromatic N) is 1. The van der Waals surface area contributed by atoms with Crippen LogP contribution in [0.4, 0.5) is 10.5 Å². The second-order valence-corrected chi connectivity index (χ2v) is 5.97. The fraction of sp³-hybridized carbons (Fsp3) is 0.263. The number of carbonyl (C=O) groups is 2. The van der Waals surface area contributed by atoms with Crippen LogP contribution in [0.3, 0.4) is 0 Å². The lowest BCUT2D eigenvalue weighted by Gasteiger charge is -2.17. The Bertz CT molecular complexity index is 800. The van der Waals surface area contributed by atoms with E-state index >= 15 is 0 Å². The first-order valence-electron chi connectivity index (χ1n) is 7.92. The monoisotopic (exact) mass is 341 g/mol. The van der Waals surface area contributed by atoms with Crippen molar-refractivity contribution in [2.45, 2.75) is 27.4 Å². The summed E-state index contributed by atoms with van der Waals surface area (Å²) in [6, 6.07) is 10.5. The third kappa shape index (κ3) is 4.58. The number of nitrogens with two attached hydrogens (primary N) is 1. The first kappa shape index (κ1) is 18.5. The Labute approximate surface area is 147 Å². The van der Waals surface area contributed by atoms with Gasteiger partial charge in [0.2, 0.25) is 0 Å². The molecule has 132 valence electrons. The van der Waals surface area contributed by atoms with Gasteiger partial charge >= 0.3 is 6.03 Å². The Morgan fingerprint density at radius 2 is 1.88 bits per heavy atom. The van der Waals surface area contributed by atoms with Crippen LogP contribution in [0, 0.1) is 13.8 Å². The smallest absolute Gasteiger partial charge is 0.335 e. The average molecular weight is 341 g/mol. The summed E-state index contributed by atoms with van der Waals surface area (Å²) >= 11 is 0. The molecule has 2 aromatic rings. The third-order valence-electron chi connectivity index (χ3n) is 3.93. The van der Waals surface area contributed by atoms with Crippen LogP contribution in [0.2, 0.25) is 0 Å². The molecule has 2 aromatic carbocycles. The maximum absolute atomic E-state index is 11.8. The number of amides is 2. The van der Waals surface area contributed by atoms with E-state index in [1.807, 2.05) is 32.0 Å². The molecule has 0 aliphatic heterocycles. The van der Waals surface area contributed by atoms with E-state index in [0.717, 1.165) is 21.7 Å². The predicted octanol–water partition coefficient (Wildman–Crippen LogP) is 3.42. The molecule has 0 unspecified atom stereocenters. The summed E-state index contributed by atoms with van der Waals surface area (Å²) in [5.74, 6) is 6.17. The first-order chi connectivity index (χ1) is 11.8. The minimum absolute atomic E-state index is 0.0180. The number of ether oxygens (including phenoxy) is 1. The van der Waals surface area contributed by atoms with Crippen molar-refractivity contribution in [2.75, 3.05) is 12.4 Å². The largest absolute Gasteiger partial charge is 0.489 e. The molecule has 6 heteroatoms. The number of urea groups is 1. The van der Waals surface area contributed by atoms with Crippen LogP contribution in [0.25, 0.3) is 0 Å². The van der Waals surface area contributed by atoms with Crippen molar-refractivity contribution in [2.24, 2.45) is 5.84 Å². The SMILES string of the molecule is CC(=O)c1ccc(OCc2c(C)cccc2NC(=O)N(C)N)c(C)c1. The highest BCUT2D eigenvalue weighted by Crippen LogP contribution is 2.25. The summed E-state index contributed by atoms with van der Waals surface area (Å²) in [7, 11) is 1.47. The topological polar surface area (TPSA) is 84.7 Å². The first-order valence-corrected chi connectivity index (χ1v) is 7.92. The molecule has 3 N–H and O–H groups in total. The lowest BCUT2D eigenvalue weighted by molar-refractivity contribution is 0.101. The predicted molar refractivity (Wildman–Crippen MR) is 97.7 cm³/mol. The van der Waals surface area contributed by atoms with E-state index < -0.39 is 6.03 Å². The zero-order valence-corrected chi connectivity index (χ0v) is 14.9. The number of ketones is 1. The van der Waals surface area contributed by atoms with Crippen molar-refractivity contribution in [3.63, 3.8) is 0 Å². The number of rotatable bonds is 5. The molecular formula is C19H23N3O3. The molecule has 0 bridgehead atoms. The molecule has 0 aromatic heterocycles. The number of anilines is 1. The van der Waals surface area contributed by atoms with Gasteiger partial charge in [-0.25, -0.2) is 10.6 Å². The number of carbonyl (C=O) groups excluding carboxylic acids is 2. The van der Waals surface area contributed by atoms with Crippen LogP contribution in [0.5, 0.6) is 5.75 Å². The molecule has 0 saturated carbocycles. The van der Waals surface area contributed by atoms with Gasteiger partial charge in [-0.3, -0.25) is 9.80 Å². The van der Waals surface area contributed by atoms with Gasteiger partial charge in [0.25, 0.3) is 0 Å². The summed E-state index contributed by atoms with van der Waals surface area (Å²) in [6.45, 7) is 5.67. The number of aryl methyl sites for hydroxylation is 2. The molecule has 0 aliphatic carbocycles. The highest BCUT2D eigenvalue weighted by molar-refractivity contribution is 5.94. The van der Waals surface area contributed by atoms with Crippen LogP contribution in [0.1, 0.15) is 34.0 Å². The van der Waals surface area contributed by atoms with E-state index in [0.29, 0.717) is 17.0 Å². The van der Waals surface area contributed by atoms with Crippen molar-refractivity contribution in [1.82, 2.24) is 5.01 Å². The molecule has 0 heterocycles. The van der Waals surface area contributed by atoms with Gasteiger partial charge in [-0.1, -0.05) is 12.1 Å². The van der Waals surface area contributed by atoms with Crippen LogP contribution >= 0.6 is 0 Å². The summed E-state index contributed by atoms with van der Waals surface area (Å²) in [5.41, 5.74) is 4.05. The van der Waals surface area contributed by atoms with Crippen LogP contribution in [0.15, 0.2) is 36.4 Å². The van der Waals surface area contributed by atoms with Crippen LogP contribution in [-0.4, -0.2) is 23.9 Å². The Morgan fingerprint density at radius 3 is 2.48 bits per heavy atom. The maximum atomic E-state index is 11.8. The van der Waals surface area contributed by atoms with Gasteiger partial charge in [0.15, 0.2) is 5.78 Å². The van der Waals surface area contributed by atoms with Crippen molar-refractivity contribution in [3.8, 4) is 5.75 Å². The fourth-order valence-electron chi connectivity index (χ4n) is 2.39. The molecular weight excluding hydrogens is 318 g/mol. The van der Waals surface area contributed by atoms with Gasteiger partial charge in [-0.15, -0.1) is 0 Å². The maximum Gasteiger partial charge on any atom is 0.335 e. The summed E-state index contributed by atoms with van der Waals surface area (Å²) in [6.07, 6.45) is 0. The van der Waals surface area contributed by atoms with Crippen molar-refractivity contribution >= 4 is 17.5 Å². The molecule has 0 spiro atoms. The zero-order chi connectivity index (χ0) is 18.6. The Kier molecular flexibility index (Phi) is 5.77. The highest BCUT2D eigenvalue weighted by Gasteiger charge is 2.12. The normalized spacial score (nSPS) is 10.3. The van der Waals surface area contributed by atoms with E-state index in [1.54, 1.807) is 18.2 Å². The molecule has 0 saturated heterocycles. The van der Waals surface area contributed by atoms with E-state index in [2.05, 4.69) is 5.32 Å². The van der Waals surface area contributed by atoms with Gasteiger partial charge in [0, 0.05) is 23.9 Å². The molecule has 2 rings (SSSR count). The van der Waals surface area contributed by atoms with Gasteiger partial charge in [0.1, 0.15) is 12.4 Å². The zero-order valence-electron chi connectivity index (χ0n) is 14.9. The van der Waals surface area contributed by atoms with Crippen molar-refractivity contribution in [1.29, 1.82) is 0 Å². The Morgan fingerprint density at radius 1 is 1.16 bits per heavy atom. The highest BCUT2D eigenvalue weighted by atomic mass is 16.5. The lowest BCUT2D eigenvalue weighted by atomic mass is 10.1. The van der Waals surface area contributed by atoms with Crippen molar-refractivity contribution in [3.05, 3.63) is 58.7 Å². The fourth-order valence-corrected chi connectivity index (χ4v) is 2.39. The Balaban J connectivity index is 2.20. The third-order valence-corrected chi connectivity index (χ3v) is 3.93. The number of hydrogen-bond acceptors (Lipinski definition) is 4. The summed E-state index contributed by atoms with van der Waals surface area (Å²) < 4.78 is 5.91. The minimum Gasteiger partial charge on any atom is -0.489 e. The average Bonchev–Trinajstić information content (AvgIpc) is 2.55. The minimum atomic E-state index is -0.408. The van der Waals surface area contributed by atoms with Gasteiger partial charge in [-0.2, -0.15) is 0 Å². The van der Waals surface area contributed by atoms with Crippen LogP contribution < -0.4 is 15.9 Å². The molecule has 0 atom stereocenters. The molecule has 0 aliphatic rings. The van der Waals surface area contributed by atoms with E-state index in [-0.39, 0.29) is 12.4 Å². The quantitative estimate of drug-likeness (QED) is 0.378. The molecule has 2 amide bonds. The summed E-state index contributed by atoms with van der Waals surface area (Å²) in [4.78, 5) is 23.3. The molecule has 6 nitrogen and oxygen atoms in total. The van der Waals surface area contributed by atoms with Crippen LogP contribution in [-0.2, 0) is 6.61 Å². The second kappa shape index (κ2) is 7.81. The molecule has 0 fully saturated rings. The van der Waals surface area contributed by atoms with E-state index in [1.165, 1.54) is 14.0 Å². The van der Waals surface area contributed by atoms with Gasteiger partial charge in [0.05, 0.1) is 0 Å². The van der Waals surface area contributed by atoms with Crippen molar-refractivity contribution < 1.29 is 14.3 Å². The molecule has 25 heavy (non-hydrogen) atoms.